The fourth-order valence-corrected chi connectivity index (χ4v) is 4.72. The van der Waals surface area contributed by atoms with Crippen LogP contribution < -0.4 is 5.32 Å². The van der Waals surface area contributed by atoms with Crippen molar-refractivity contribution in [1.82, 2.24) is 10.2 Å². The van der Waals surface area contributed by atoms with Gasteiger partial charge in [0.15, 0.2) is 0 Å². The van der Waals surface area contributed by atoms with Gasteiger partial charge in [-0.2, -0.15) is 0 Å². The Balaban J connectivity index is 1.92. The molecular formula is C19H38N2. The summed E-state index contributed by atoms with van der Waals surface area (Å²) in [7, 11) is 0. The summed E-state index contributed by atoms with van der Waals surface area (Å²) < 4.78 is 0. The third-order valence-electron chi connectivity index (χ3n) is 6.07. The third-order valence-corrected chi connectivity index (χ3v) is 6.07. The molecule has 0 bridgehead atoms. The molecule has 0 amide bonds. The Kier molecular flexibility index (Phi) is 7.01. The molecule has 21 heavy (non-hydrogen) atoms. The summed E-state index contributed by atoms with van der Waals surface area (Å²) in [5.74, 6) is 2.82. The number of likely N-dealkylation sites (tertiary alicyclic amines) is 1. The van der Waals surface area contributed by atoms with Crippen molar-refractivity contribution in [3.63, 3.8) is 0 Å². The maximum absolute atomic E-state index is 3.79. The zero-order valence-corrected chi connectivity index (χ0v) is 14.9. The largest absolute Gasteiger partial charge is 0.313 e. The summed E-state index contributed by atoms with van der Waals surface area (Å²) in [6.07, 6.45) is 9.93. The van der Waals surface area contributed by atoms with Crippen LogP contribution in [-0.2, 0) is 0 Å². The van der Waals surface area contributed by atoms with E-state index in [1.165, 1.54) is 58.0 Å². The first-order chi connectivity index (χ1) is 10.2. The van der Waals surface area contributed by atoms with Crippen LogP contribution in [0.5, 0.6) is 0 Å². The molecule has 0 aromatic carbocycles. The molecule has 1 N–H and O–H groups in total. The van der Waals surface area contributed by atoms with E-state index < -0.39 is 0 Å². The predicted octanol–water partition coefficient (Wildman–Crippen LogP) is 4.30. The fourth-order valence-electron chi connectivity index (χ4n) is 4.72. The quantitative estimate of drug-likeness (QED) is 0.785. The summed E-state index contributed by atoms with van der Waals surface area (Å²) in [6.45, 7) is 13.2. The van der Waals surface area contributed by atoms with Gasteiger partial charge in [-0.15, -0.1) is 0 Å². The minimum absolute atomic E-state index is 0.749. The number of rotatable bonds is 6. The molecule has 1 aliphatic heterocycles. The van der Waals surface area contributed by atoms with Crippen molar-refractivity contribution in [2.75, 3.05) is 19.6 Å². The van der Waals surface area contributed by atoms with Gasteiger partial charge in [0.05, 0.1) is 0 Å². The van der Waals surface area contributed by atoms with E-state index in [0.717, 1.165) is 36.4 Å². The summed E-state index contributed by atoms with van der Waals surface area (Å²) in [4.78, 5) is 2.84. The van der Waals surface area contributed by atoms with Crippen LogP contribution in [-0.4, -0.2) is 36.6 Å². The Morgan fingerprint density at radius 3 is 2.33 bits per heavy atom. The smallest absolute Gasteiger partial charge is 0.0251 e. The maximum atomic E-state index is 3.79. The highest BCUT2D eigenvalue weighted by Gasteiger charge is 2.35. The van der Waals surface area contributed by atoms with Crippen molar-refractivity contribution < 1.29 is 0 Å². The Morgan fingerprint density at radius 2 is 1.76 bits per heavy atom. The van der Waals surface area contributed by atoms with E-state index in [2.05, 4.69) is 37.9 Å². The van der Waals surface area contributed by atoms with Gasteiger partial charge in [-0.3, -0.25) is 4.90 Å². The Bertz CT molecular complexity index is 281. The lowest BCUT2D eigenvalue weighted by atomic mass is 9.78. The molecule has 0 spiro atoms. The highest BCUT2D eigenvalue weighted by Crippen LogP contribution is 2.34. The number of likely N-dealkylation sites (N-methyl/N-ethyl adjacent to an activating group) is 1. The zero-order valence-electron chi connectivity index (χ0n) is 14.9. The molecule has 1 saturated heterocycles. The topological polar surface area (TPSA) is 15.3 Å². The van der Waals surface area contributed by atoms with E-state index in [0.29, 0.717) is 0 Å². The average molecular weight is 295 g/mol. The van der Waals surface area contributed by atoms with Crippen LogP contribution in [0.4, 0.5) is 0 Å². The normalized spacial score (nSPS) is 32.7. The molecule has 0 radical (unpaired) electrons. The van der Waals surface area contributed by atoms with Crippen LogP contribution in [0.2, 0.25) is 0 Å². The first-order valence-corrected chi connectivity index (χ1v) is 9.63. The summed E-state index contributed by atoms with van der Waals surface area (Å²) in [5.41, 5.74) is 0. The van der Waals surface area contributed by atoms with Crippen molar-refractivity contribution in [1.29, 1.82) is 0 Å². The van der Waals surface area contributed by atoms with Crippen molar-refractivity contribution in [2.45, 2.75) is 84.7 Å². The number of nitrogens with zero attached hydrogens (tertiary/aromatic N) is 1. The SMILES string of the molecule is CCCC1CCC(NCC)C(N2CCC(C(C)C)CC2)C1. The minimum Gasteiger partial charge on any atom is -0.313 e. The minimum atomic E-state index is 0.749. The molecule has 1 heterocycles. The highest BCUT2D eigenvalue weighted by molar-refractivity contribution is 4.92. The Labute approximate surface area is 133 Å². The molecule has 3 unspecified atom stereocenters. The number of hydrogen-bond acceptors (Lipinski definition) is 2. The number of hydrogen-bond donors (Lipinski definition) is 1. The van der Waals surface area contributed by atoms with Crippen molar-refractivity contribution in [2.24, 2.45) is 17.8 Å². The molecule has 2 rings (SSSR count). The first kappa shape index (κ1) is 17.3. The summed E-state index contributed by atoms with van der Waals surface area (Å²) in [6, 6.07) is 1.56. The van der Waals surface area contributed by atoms with E-state index >= 15 is 0 Å². The van der Waals surface area contributed by atoms with E-state index in [1.807, 2.05) is 0 Å². The molecule has 2 aliphatic rings. The molecular weight excluding hydrogens is 256 g/mol. The van der Waals surface area contributed by atoms with Gasteiger partial charge < -0.3 is 5.32 Å². The van der Waals surface area contributed by atoms with Gasteiger partial charge in [-0.05, 0) is 69.5 Å². The Hall–Kier alpha value is -0.0800. The van der Waals surface area contributed by atoms with Crippen LogP contribution in [0.3, 0.4) is 0 Å². The van der Waals surface area contributed by atoms with E-state index in [4.69, 9.17) is 0 Å². The van der Waals surface area contributed by atoms with Gasteiger partial charge in [-0.25, -0.2) is 0 Å². The second-order valence-corrected chi connectivity index (χ2v) is 7.82. The number of piperidine rings is 1. The van der Waals surface area contributed by atoms with Gasteiger partial charge in [0.25, 0.3) is 0 Å². The highest BCUT2D eigenvalue weighted by atomic mass is 15.2. The molecule has 124 valence electrons. The zero-order chi connectivity index (χ0) is 15.2. The van der Waals surface area contributed by atoms with Crippen LogP contribution in [0.1, 0.15) is 72.6 Å². The monoisotopic (exact) mass is 294 g/mol. The van der Waals surface area contributed by atoms with Gasteiger partial charge in [0.1, 0.15) is 0 Å². The molecule has 0 aromatic heterocycles. The maximum Gasteiger partial charge on any atom is 0.0251 e. The van der Waals surface area contributed by atoms with E-state index in [1.54, 1.807) is 0 Å². The van der Waals surface area contributed by atoms with Gasteiger partial charge >= 0.3 is 0 Å². The third kappa shape index (κ3) is 4.69. The summed E-state index contributed by atoms with van der Waals surface area (Å²) >= 11 is 0. The fraction of sp³-hybridized carbons (Fsp3) is 1.00. The van der Waals surface area contributed by atoms with Crippen molar-refractivity contribution in [3.05, 3.63) is 0 Å². The van der Waals surface area contributed by atoms with Crippen LogP contribution in [0.25, 0.3) is 0 Å². The van der Waals surface area contributed by atoms with Crippen LogP contribution in [0, 0.1) is 17.8 Å². The number of nitrogens with one attached hydrogen (secondary N) is 1. The van der Waals surface area contributed by atoms with Gasteiger partial charge in [0.2, 0.25) is 0 Å². The van der Waals surface area contributed by atoms with Crippen LogP contribution in [0.15, 0.2) is 0 Å². The molecule has 2 nitrogen and oxygen atoms in total. The second-order valence-electron chi connectivity index (χ2n) is 7.82. The van der Waals surface area contributed by atoms with E-state index in [-0.39, 0.29) is 0 Å². The predicted molar refractivity (Wildman–Crippen MR) is 92.6 cm³/mol. The second kappa shape index (κ2) is 8.53. The standard InChI is InChI=1S/C19H38N2/c1-5-7-16-8-9-18(20-6-2)19(14-16)21-12-10-17(11-13-21)15(3)4/h15-20H,5-14H2,1-4H3. The van der Waals surface area contributed by atoms with Gasteiger partial charge in [0, 0.05) is 12.1 Å². The van der Waals surface area contributed by atoms with Gasteiger partial charge in [-0.1, -0.05) is 40.5 Å². The Morgan fingerprint density at radius 1 is 1.05 bits per heavy atom. The first-order valence-electron chi connectivity index (χ1n) is 9.63. The molecule has 1 aliphatic carbocycles. The molecule has 3 atom stereocenters. The van der Waals surface area contributed by atoms with Crippen molar-refractivity contribution in [3.8, 4) is 0 Å². The van der Waals surface area contributed by atoms with Crippen molar-refractivity contribution >= 4 is 0 Å². The molecule has 0 aromatic rings. The molecule has 2 heteroatoms. The summed E-state index contributed by atoms with van der Waals surface area (Å²) in [5, 5.41) is 3.79. The van der Waals surface area contributed by atoms with Crippen LogP contribution >= 0.6 is 0 Å². The van der Waals surface area contributed by atoms with E-state index in [9.17, 15) is 0 Å². The molecule has 2 fully saturated rings. The lowest BCUT2D eigenvalue weighted by Crippen LogP contribution is -2.55. The lowest BCUT2D eigenvalue weighted by Gasteiger charge is -2.46. The molecule has 1 saturated carbocycles. The lowest BCUT2D eigenvalue weighted by molar-refractivity contribution is 0.0557. The average Bonchev–Trinajstić information content (AvgIpc) is 2.49.